The number of carbonyl (C=O) groups is 9. The Balaban J connectivity index is 0.000000420. The normalized spacial score (nSPS) is 12.5. The number of aromatic amines is 4. The van der Waals surface area contributed by atoms with Gasteiger partial charge in [0.1, 0.15) is 17.8 Å². The molecule has 0 atom stereocenters. The summed E-state index contributed by atoms with van der Waals surface area (Å²) in [6, 6.07) is 17.9. The van der Waals surface area contributed by atoms with Crippen molar-refractivity contribution >= 4 is 52.2 Å². The van der Waals surface area contributed by atoms with Crippen LogP contribution >= 0.6 is 0 Å². The van der Waals surface area contributed by atoms with Gasteiger partial charge in [0.15, 0.2) is 40.6 Å². The van der Waals surface area contributed by atoms with Crippen LogP contribution in [-0.4, -0.2) is 118 Å². The first kappa shape index (κ1) is 61.5. The van der Waals surface area contributed by atoms with Gasteiger partial charge in [-0.05, 0) is 69.7 Å². The lowest BCUT2D eigenvalue weighted by atomic mass is 9.80. The van der Waals surface area contributed by atoms with Crippen molar-refractivity contribution in [2.24, 2.45) is 17.6 Å². The highest BCUT2D eigenvalue weighted by atomic mass is 16.4. The number of hydrogen-bond donors (Lipinski definition) is 5. The average Bonchev–Trinajstić information content (AvgIpc) is 4.23. The smallest absolute Gasteiger partial charge is 0.283 e. The molecule has 5 heterocycles. The zero-order valence-corrected chi connectivity index (χ0v) is 41.5. The number of H-pyrrole nitrogens is 4. The molecule has 1 amide bonds. The number of tetrazole rings is 1. The minimum absolute atomic E-state index is 0.0119. The third kappa shape index (κ3) is 27.3. The first-order chi connectivity index (χ1) is 34.7. The second-order valence-electron chi connectivity index (χ2n) is 15.2. The Hall–Kier alpha value is -9.47. The van der Waals surface area contributed by atoms with Gasteiger partial charge in [0.05, 0.1) is 24.2 Å². The molecule has 384 valence electrons. The first-order valence-corrected chi connectivity index (χ1v) is 21.9. The van der Waals surface area contributed by atoms with Crippen LogP contribution in [0.5, 0.6) is 0 Å². The van der Waals surface area contributed by atoms with Gasteiger partial charge in [-0.3, -0.25) is 43.5 Å². The predicted octanol–water partition coefficient (Wildman–Crippen LogP) is 5.81. The van der Waals surface area contributed by atoms with Crippen LogP contribution in [0.2, 0.25) is 0 Å². The standard InChI is InChI=1S/C10H17NO2.C9H7NO.C8H8O.2C5H6N2O.C4H5N3O.C4H4N2O2.C3H4N4O/c1-7(12)6-8-2-4-9(5-3-8)10(11)13;1-7(11)9-4-2-3-8(5-9)6-10;1-7(9)8-5-3-2-4-6-8;1-4(8)5-2-6-3-7-5;1-4(8)5-6-2-3-7-5;1-3(8)4-5-2-6-7-4;1-3(7)4-6-5-2-8-4;1-2(8)3-4-6-7-5-3/h8-9H,2-6H2,1H3,(H2,11,13);2-5H,1H3;2-6H,1H3;2*2-3H,1H3,(H,6,7);2H,1H3,(H,5,6,7);2H,1H3;1H3,(H,4,5,6,7). The molecular weight excluding hydrogens is 947 g/mol. The maximum atomic E-state index is 10.8. The van der Waals surface area contributed by atoms with Crippen molar-refractivity contribution in [1.82, 2.24) is 65.9 Å². The van der Waals surface area contributed by atoms with Crippen LogP contribution in [0, 0.1) is 23.2 Å². The van der Waals surface area contributed by atoms with Crippen LogP contribution in [0.3, 0.4) is 0 Å². The average molecular weight is 1000 g/mol. The second-order valence-corrected chi connectivity index (χ2v) is 15.2. The Labute approximate surface area is 419 Å². The topological polar surface area (TPSA) is 396 Å². The van der Waals surface area contributed by atoms with E-state index < -0.39 is 0 Å². The van der Waals surface area contributed by atoms with Gasteiger partial charge in [-0.2, -0.15) is 15.6 Å². The minimum Gasteiger partial charge on any atom is -0.421 e. The summed E-state index contributed by atoms with van der Waals surface area (Å²) in [4.78, 5) is 111. The van der Waals surface area contributed by atoms with Gasteiger partial charge in [0, 0.05) is 70.5 Å². The van der Waals surface area contributed by atoms with Gasteiger partial charge in [-0.25, -0.2) is 15.0 Å². The largest absolute Gasteiger partial charge is 0.421 e. The van der Waals surface area contributed by atoms with E-state index in [1.165, 1.54) is 60.4 Å². The highest BCUT2D eigenvalue weighted by Gasteiger charge is 2.25. The van der Waals surface area contributed by atoms with Gasteiger partial charge in [0.2, 0.25) is 29.7 Å². The molecule has 8 rings (SSSR count). The Morgan fingerprint density at radius 3 is 1.68 bits per heavy atom. The van der Waals surface area contributed by atoms with Crippen LogP contribution in [0.4, 0.5) is 0 Å². The number of ketones is 8. The van der Waals surface area contributed by atoms with Gasteiger partial charge in [0.25, 0.3) is 5.89 Å². The Morgan fingerprint density at radius 2 is 1.36 bits per heavy atom. The maximum Gasteiger partial charge on any atom is 0.283 e. The Morgan fingerprint density at radius 1 is 0.712 bits per heavy atom. The van der Waals surface area contributed by atoms with E-state index in [4.69, 9.17) is 11.0 Å². The molecule has 1 aliphatic rings. The molecule has 0 saturated heterocycles. The first-order valence-electron chi connectivity index (χ1n) is 21.9. The number of nitrogens with one attached hydrogen (secondary N) is 4. The number of amides is 1. The van der Waals surface area contributed by atoms with Crippen molar-refractivity contribution in [2.45, 2.75) is 87.5 Å². The molecule has 73 heavy (non-hydrogen) atoms. The van der Waals surface area contributed by atoms with E-state index in [-0.39, 0.29) is 69.8 Å². The molecule has 2 aromatic carbocycles. The molecule has 1 saturated carbocycles. The Kier molecular flexibility index (Phi) is 29.3. The Bertz CT molecular complexity index is 2520. The summed E-state index contributed by atoms with van der Waals surface area (Å²) in [5, 5.41) is 33.2. The number of primary amides is 1. The molecule has 0 radical (unpaired) electrons. The second kappa shape index (κ2) is 34.8. The molecule has 1 aliphatic carbocycles. The number of nitrogens with two attached hydrogens (primary N) is 1. The van der Waals surface area contributed by atoms with Crippen molar-refractivity contribution < 1.29 is 47.6 Å². The van der Waals surface area contributed by atoms with Crippen LogP contribution in [0.1, 0.15) is 167 Å². The van der Waals surface area contributed by atoms with Gasteiger partial charge in [-0.1, -0.05) is 42.5 Å². The van der Waals surface area contributed by atoms with Crippen LogP contribution in [0.15, 0.2) is 96.7 Å². The lowest BCUT2D eigenvalue weighted by Gasteiger charge is -2.25. The SMILES string of the molecule is CC(=O)CC1CCC(C(N)=O)CC1.CC(=O)c1cccc(C#N)c1.CC(=O)c1ccccc1.CC(=O)c1cnc[nH]1.CC(=O)c1ncc[nH]1.CC(=O)c1ncn[nH]1.CC(=O)c1nn[nH]n1.CC(=O)c1nnco1. The fourth-order valence-corrected chi connectivity index (χ4v) is 5.46. The molecule has 7 aromatic rings. The molecule has 0 spiro atoms. The van der Waals surface area contributed by atoms with E-state index in [1.54, 1.807) is 50.5 Å². The van der Waals surface area contributed by atoms with E-state index in [2.05, 4.69) is 70.4 Å². The monoisotopic (exact) mass is 1000 g/mol. The summed E-state index contributed by atoms with van der Waals surface area (Å²) in [6.45, 7) is 11.8. The van der Waals surface area contributed by atoms with Crippen molar-refractivity contribution in [3.8, 4) is 6.07 Å². The molecule has 6 N–H and O–H groups in total. The van der Waals surface area contributed by atoms with Crippen molar-refractivity contribution in [3.63, 3.8) is 0 Å². The number of hydrogen-bond acceptors (Lipinski definition) is 20. The van der Waals surface area contributed by atoms with E-state index in [0.29, 0.717) is 40.8 Å². The van der Waals surface area contributed by atoms with Gasteiger partial charge >= 0.3 is 0 Å². The number of Topliss-reactive ketones (excluding diaryl/α,β-unsaturated/α-hetero) is 8. The third-order valence-corrected chi connectivity index (χ3v) is 9.18. The molecule has 0 aliphatic heterocycles. The quantitative estimate of drug-likeness (QED) is 0.101. The molecule has 1 fully saturated rings. The fraction of sp³-hybridized carbons (Fsp3) is 0.312. The molecule has 5 aromatic heterocycles. The zero-order valence-electron chi connectivity index (χ0n) is 41.5. The van der Waals surface area contributed by atoms with Gasteiger partial charge < -0.3 is 24.9 Å². The van der Waals surface area contributed by atoms with Crippen LogP contribution < -0.4 is 5.73 Å². The summed E-state index contributed by atoms with van der Waals surface area (Å²) in [6.07, 6.45) is 13.0. The number of benzene rings is 2. The van der Waals surface area contributed by atoms with Crippen LogP contribution in [-0.2, 0) is 9.59 Å². The molecular formula is C48H57N15O10. The summed E-state index contributed by atoms with van der Waals surface area (Å²) < 4.78 is 4.52. The zero-order chi connectivity index (χ0) is 54.7. The number of nitriles is 1. The van der Waals surface area contributed by atoms with Crippen molar-refractivity contribution in [2.75, 3.05) is 0 Å². The lowest BCUT2D eigenvalue weighted by molar-refractivity contribution is -0.123. The van der Waals surface area contributed by atoms with E-state index >= 15 is 0 Å². The fourth-order valence-electron chi connectivity index (χ4n) is 5.46. The highest BCUT2D eigenvalue weighted by Crippen LogP contribution is 2.30. The van der Waals surface area contributed by atoms with Crippen molar-refractivity contribution in [3.05, 3.63) is 138 Å². The molecule has 0 unspecified atom stereocenters. The third-order valence-electron chi connectivity index (χ3n) is 9.18. The maximum absolute atomic E-state index is 10.8. The number of carbonyl (C=O) groups excluding carboxylic acids is 9. The molecule has 25 nitrogen and oxygen atoms in total. The minimum atomic E-state index is -0.206. The van der Waals surface area contributed by atoms with Crippen molar-refractivity contribution in [1.29, 1.82) is 5.26 Å². The van der Waals surface area contributed by atoms with E-state index in [9.17, 15) is 43.2 Å². The van der Waals surface area contributed by atoms with Crippen LogP contribution in [0.25, 0.3) is 0 Å². The summed E-state index contributed by atoms with van der Waals surface area (Å²) in [7, 11) is 0. The van der Waals surface area contributed by atoms with E-state index in [0.717, 1.165) is 37.6 Å². The van der Waals surface area contributed by atoms with E-state index in [1.807, 2.05) is 36.4 Å². The predicted molar refractivity (Wildman–Crippen MR) is 260 cm³/mol. The molecule has 0 bridgehead atoms. The summed E-state index contributed by atoms with van der Waals surface area (Å²) in [5.41, 5.74) is 7.66. The van der Waals surface area contributed by atoms with Gasteiger partial charge in [-0.15, -0.1) is 20.4 Å². The summed E-state index contributed by atoms with van der Waals surface area (Å²) in [5.74, 6) is 1.16. The number of aromatic nitrogens is 13. The summed E-state index contributed by atoms with van der Waals surface area (Å²) >= 11 is 0. The number of imidazole rings is 2. The number of nitrogens with zero attached hydrogens (tertiary/aromatic N) is 10. The highest BCUT2D eigenvalue weighted by molar-refractivity contribution is 5.95. The lowest BCUT2D eigenvalue weighted by Crippen LogP contribution is -2.28. The number of rotatable bonds is 10. The molecule has 25 heteroatoms.